The second kappa shape index (κ2) is 15.6. The molecule has 1 unspecified atom stereocenters. The van der Waals surface area contributed by atoms with Crippen molar-refractivity contribution in [2.75, 3.05) is 19.8 Å². The Bertz CT molecular complexity index is 697. The molecule has 0 spiro atoms. The predicted molar refractivity (Wildman–Crippen MR) is 145 cm³/mol. The van der Waals surface area contributed by atoms with Crippen LogP contribution in [0, 0.1) is 0 Å². The van der Waals surface area contributed by atoms with Crippen molar-refractivity contribution < 1.29 is 29.0 Å². The molecule has 37 heavy (non-hydrogen) atoms. The summed E-state index contributed by atoms with van der Waals surface area (Å²) in [5.74, 6) is -1.22. The van der Waals surface area contributed by atoms with Crippen LogP contribution in [-0.4, -0.2) is 70.9 Å². The van der Waals surface area contributed by atoms with Crippen LogP contribution in [0.15, 0.2) is 25.3 Å². The monoisotopic (exact) mass is 525 g/mol. The highest BCUT2D eigenvalue weighted by Gasteiger charge is 2.47. The summed E-state index contributed by atoms with van der Waals surface area (Å²) in [6.45, 7) is 19.7. The number of rotatable bonds is 18. The van der Waals surface area contributed by atoms with Crippen LogP contribution < -0.4 is 10.6 Å². The molecule has 0 amide bonds. The summed E-state index contributed by atoms with van der Waals surface area (Å²) in [5, 5.41) is 19.2. The fourth-order valence-electron chi connectivity index (χ4n) is 5.07. The zero-order valence-corrected chi connectivity index (χ0v) is 23.9. The van der Waals surface area contributed by atoms with Crippen LogP contribution in [0.1, 0.15) is 92.9 Å². The zero-order chi connectivity index (χ0) is 28.1. The summed E-state index contributed by atoms with van der Waals surface area (Å²) in [6, 6.07) is -0.0166. The standard InChI is InChI=1S/C28H51N3O6/c1-9-12-13-14-15-16-17-37-31-26(4,5)18-22(19-27(31,6)7)29-25(34)30-28(8,20-35-23(32)10-2)21-36-24(33)11-3/h10-11,22,25,29-30,34H,2-3,9,12-21H2,1,4-8H3. The molecule has 1 aliphatic heterocycles. The minimum atomic E-state index is -1.14. The van der Waals surface area contributed by atoms with Gasteiger partial charge < -0.3 is 14.6 Å². The molecule has 9 nitrogen and oxygen atoms in total. The number of piperidine rings is 1. The molecule has 0 aromatic heterocycles. The Kier molecular flexibility index (Phi) is 14.0. The van der Waals surface area contributed by atoms with E-state index in [4.69, 9.17) is 14.3 Å². The van der Waals surface area contributed by atoms with Gasteiger partial charge in [0.1, 0.15) is 13.2 Å². The molecule has 1 atom stereocenters. The Morgan fingerprint density at radius 3 is 1.97 bits per heavy atom. The van der Waals surface area contributed by atoms with Crippen molar-refractivity contribution in [2.45, 2.75) is 122 Å². The molecule has 0 aromatic carbocycles. The van der Waals surface area contributed by atoms with E-state index in [1.165, 1.54) is 32.1 Å². The number of nitrogens with zero attached hydrogens (tertiary/aromatic N) is 1. The van der Waals surface area contributed by atoms with Gasteiger partial charge in [0.2, 0.25) is 0 Å². The van der Waals surface area contributed by atoms with E-state index in [0.29, 0.717) is 6.61 Å². The van der Waals surface area contributed by atoms with Crippen molar-refractivity contribution in [3.63, 3.8) is 0 Å². The molecule has 0 radical (unpaired) electrons. The van der Waals surface area contributed by atoms with Crippen LogP contribution in [-0.2, 0) is 23.9 Å². The lowest BCUT2D eigenvalue weighted by Crippen LogP contribution is -2.66. The lowest BCUT2D eigenvalue weighted by atomic mass is 9.79. The molecule has 0 aliphatic carbocycles. The summed E-state index contributed by atoms with van der Waals surface area (Å²) in [5.41, 5.74) is -1.57. The minimum absolute atomic E-state index is 0.0166. The van der Waals surface area contributed by atoms with E-state index >= 15 is 0 Å². The molecule has 0 bridgehead atoms. The fraction of sp³-hybridized carbons (Fsp3) is 0.786. The summed E-state index contributed by atoms with van der Waals surface area (Å²) in [6.07, 6.45) is 9.77. The summed E-state index contributed by atoms with van der Waals surface area (Å²) >= 11 is 0. The lowest BCUT2D eigenvalue weighted by Gasteiger charge is -2.54. The minimum Gasteiger partial charge on any atom is -0.460 e. The van der Waals surface area contributed by atoms with Crippen molar-refractivity contribution >= 4 is 11.9 Å². The zero-order valence-electron chi connectivity index (χ0n) is 23.9. The van der Waals surface area contributed by atoms with Crippen LogP contribution in [0.4, 0.5) is 0 Å². The van der Waals surface area contributed by atoms with Gasteiger partial charge in [0.05, 0.1) is 12.1 Å². The third-order valence-electron chi connectivity index (χ3n) is 6.59. The maximum atomic E-state index is 11.6. The van der Waals surface area contributed by atoms with E-state index in [9.17, 15) is 14.7 Å². The molecule has 1 aliphatic rings. The van der Waals surface area contributed by atoms with Crippen molar-refractivity contribution in [1.29, 1.82) is 0 Å². The lowest BCUT2D eigenvalue weighted by molar-refractivity contribution is -0.285. The molecule has 1 saturated heterocycles. The maximum absolute atomic E-state index is 11.6. The number of aliphatic hydroxyl groups is 1. The third kappa shape index (κ3) is 12.1. The highest BCUT2D eigenvalue weighted by Crippen LogP contribution is 2.38. The first kappa shape index (κ1) is 33.2. The molecule has 0 aromatic rings. The van der Waals surface area contributed by atoms with Gasteiger partial charge in [0, 0.05) is 29.3 Å². The van der Waals surface area contributed by atoms with Crippen molar-refractivity contribution in [1.82, 2.24) is 15.7 Å². The summed E-state index contributed by atoms with van der Waals surface area (Å²) < 4.78 is 10.3. The van der Waals surface area contributed by atoms with Crippen LogP contribution in [0.25, 0.3) is 0 Å². The van der Waals surface area contributed by atoms with Gasteiger partial charge in [0.25, 0.3) is 0 Å². The summed E-state index contributed by atoms with van der Waals surface area (Å²) in [7, 11) is 0. The van der Waals surface area contributed by atoms with Crippen molar-refractivity contribution in [3.05, 3.63) is 25.3 Å². The van der Waals surface area contributed by atoms with Crippen molar-refractivity contribution in [3.8, 4) is 0 Å². The van der Waals surface area contributed by atoms with Gasteiger partial charge in [0.15, 0.2) is 6.35 Å². The Balaban J connectivity index is 2.72. The maximum Gasteiger partial charge on any atom is 0.330 e. The number of nitrogens with one attached hydrogen (secondary N) is 2. The number of carbonyl (C=O) groups is 2. The number of hydroxylamine groups is 2. The molecule has 214 valence electrons. The van der Waals surface area contributed by atoms with E-state index in [2.05, 4.69) is 63.5 Å². The number of esters is 2. The Morgan fingerprint density at radius 1 is 1.00 bits per heavy atom. The van der Waals surface area contributed by atoms with E-state index in [1.807, 2.05) is 0 Å². The molecule has 3 N–H and O–H groups in total. The average Bonchev–Trinajstić information content (AvgIpc) is 2.80. The van der Waals surface area contributed by atoms with E-state index in [-0.39, 0.29) is 30.3 Å². The van der Waals surface area contributed by atoms with E-state index in [1.54, 1.807) is 6.92 Å². The molecule has 9 heteroatoms. The van der Waals surface area contributed by atoms with Gasteiger partial charge in [-0.15, -0.1) is 0 Å². The quantitative estimate of drug-likeness (QED) is 0.106. The molecule has 1 heterocycles. The molecular weight excluding hydrogens is 474 g/mol. The van der Waals surface area contributed by atoms with Crippen LogP contribution in [0.3, 0.4) is 0 Å². The normalized spacial score (nSPS) is 18.7. The molecular formula is C28H51N3O6. The number of aliphatic hydroxyl groups excluding tert-OH is 1. The summed E-state index contributed by atoms with van der Waals surface area (Å²) in [4.78, 5) is 29.5. The Hall–Kier alpha value is -1.78. The van der Waals surface area contributed by atoms with E-state index < -0.39 is 23.8 Å². The van der Waals surface area contributed by atoms with Crippen molar-refractivity contribution in [2.24, 2.45) is 0 Å². The second-order valence-corrected chi connectivity index (χ2v) is 11.5. The van der Waals surface area contributed by atoms with Crippen LogP contribution in [0.5, 0.6) is 0 Å². The second-order valence-electron chi connectivity index (χ2n) is 11.5. The van der Waals surface area contributed by atoms with Gasteiger partial charge >= 0.3 is 11.9 Å². The molecule has 1 fully saturated rings. The van der Waals surface area contributed by atoms with E-state index in [0.717, 1.165) is 31.4 Å². The van der Waals surface area contributed by atoms with Crippen LogP contribution in [0.2, 0.25) is 0 Å². The van der Waals surface area contributed by atoms with Gasteiger partial charge in [-0.25, -0.2) is 9.59 Å². The van der Waals surface area contributed by atoms with Crippen LogP contribution >= 0.6 is 0 Å². The Labute approximate surface area is 223 Å². The van der Waals surface area contributed by atoms with Gasteiger partial charge in [-0.2, -0.15) is 5.06 Å². The predicted octanol–water partition coefficient (Wildman–Crippen LogP) is 3.97. The fourth-order valence-corrected chi connectivity index (χ4v) is 5.07. The number of ether oxygens (including phenoxy) is 2. The first-order valence-electron chi connectivity index (χ1n) is 13.5. The SMILES string of the molecule is C=CC(=O)OCC(C)(COC(=O)C=C)NC(O)NC1CC(C)(C)N(OCCCCCCCC)C(C)(C)C1. The number of hydrogen-bond donors (Lipinski definition) is 3. The average molecular weight is 526 g/mol. The van der Waals surface area contributed by atoms with Gasteiger partial charge in [-0.3, -0.25) is 15.5 Å². The number of hydrogen-bond acceptors (Lipinski definition) is 9. The first-order chi connectivity index (χ1) is 17.3. The van der Waals surface area contributed by atoms with Gasteiger partial charge in [-0.05, 0) is 53.9 Å². The molecule has 0 saturated carbocycles. The number of carbonyl (C=O) groups excluding carboxylic acids is 2. The third-order valence-corrected chi connectivity index (χ3v) is 6.59. The number of unbranched alkanes of at least 4 members (excludes halogenated alkanes) is 5. The first-order valence-corrected chi connectivity index (χ1v) is 13.5. The van der Waals surface area contributed by atoms with Gasteiger partial charge in [-0.1, -0.05) is 52.2 Å². The topological polar surface area (TPSA) is 109 Å². The largest absolute Gasteiger partial charge is 0.460 e. The Morgan fingerprint density at radius 2 is 1.49 bits per heavy atom. The smallest absolute Gasteiger partial charge is 0.330 e. The highest BCUT2D eigenvalue weighted by molar-refractivity contribution is 5.81. The highest BCUT2D eigenvalue weighted by atomic mass is 16.7. The molecule has 1 rings (SSSR count).